The van der Waals surface area contributed by atoms with Gasteiger partial charge in [-0.25, -0.2) is 13.8 Å². The highest BCUT2D eigenvalue weighted by Crippen LogP contribution is 2.32. The van der Waals surface area contributed by atoms with Crippen molar-refractivity contribution in [1.29, 1.82) is 0 Å². The Bertz CT molecular complexity index is 1050. The number of aromatic nitrogens is 1. The van der Waals surface area contributed by atoms with Gasteiger partial charge < -0.3 is 15.4 Å². The first kappa shape index (κ1) is 24.5. The molecule has 2 N–H and O–H groups in total. The molecule has 1 aliphatic rings. The number of nitrogens with zero attached hydrogens (tertiary/aromatic N) is 1. The third-order valence-electron chi connectivity index (χ3n) is 4.79. The Kier molecular flexibility index (Phi) is 7.59. The number of carbonyl (C=O) groups excluding carboxylic acids is 2. The minimum absolute atomic E-state index is 0.00450. The van der Waals surface area contributed by atoms with E-state index < -0.39 is 42.0 Å². The molecule has 3 rings (SSSR count). The molecule has 178 valence electrons. The molecule has 7 nitrogen and oxygen atoms in total. The Morgan fingerprint density at radius 3 is 2.52 bits per heavy atom. The maximum Gasteiger partial charge on any atom is 0.522 e. The second-order valence-electron chi connectivity index (χ2n) is 7.40. The van der Waals surface area contributed by atoms with Gasteiger partial charge in [0.15, 0.2) is 11.6 Å². The molecule has 0 atom stereocenters. The van der Waals surface area contributed by atoms with Crippen LogP contribution < -0.4 is 10.6 Å². The van der Waals surface area contributed by atoms with E-state index >= 15 is 0 Å². The van der Waals surface area contributed by atoms with Gasteiger partial charge in [0.05, 0.1) is 17.7 Å². The van der Waals surface area contributed by atoms with Gasteiger partial charge in [0.2, 0.25) is 5.91 Å². The van der Waals surface area contributed by atoms with Crippen molar-refractivity contribution in [3.05, 3.63) is 53.9 Å². The summed E-state index contributed by atoms with van der Waals surface area (Å²) in [5.41, 5.74) is 0.422. The highest BCUT2D eigenvalue weighted by Gasteiger charge is 2.40. The highest BCUT2D eigenvalue weighted by atomic mass is 19.4. The van der Waals surface area contributed by atoms with Crippen molar-refractivity contribution in [2.75, 3.05) is 13.2 Å². The van der Waals surface area contributed by atoms with Crippen molar-refractivity contribution in [3.8, 4) is 0 Å². The van der Waals surface area contributed by atoms with Crippen LogP contribution in [0.4, 0.5) is 22.0 Å². The lowest BCUT2D eigenvalue weighted by Gasteiger charge is -2.34. The lowest BCUT2D eigenvalue weighted by molar-refractivity contribution is -0.357. The number of halogens is 5. The summed E-state index contributed by atoms with van der Waals surface area (Å²) in [7, 11) is 0. The number of nitrogens with one attached hydrogen (secondary N) is 2. The van der Waals surface area contributed by atoms with E-state index in [0.717, 1.165) is 12.1 Å². The summed E-state index contributed by atoms with van der Waals surface area (Å²) < 4.78 is 71.8. The zero-order valence-corrected chi connectivity index (χ0v) is 17.2. The van der Waals surface area contributed by atoms with E-state index in [2.05, 4.69) is 26.9 Å². The van der Waals surface area contributed by atoms with Crippen LogP contribution in [0.15, 0.2) is 36.5 Å². The molecule has 1 saturated carbocycles. The maximum absolute atomic E-state index is 13.4. The van der Waals surface area contributed by atoms with E-state index in [9.17, 15) is 31.5 Å². The number of hydrogen-bond acceptors (Lipinski definition) is 5. The summed E-state index contributed by atoms with van der Waals surface area (Å²) in [5.74, 6) is -3.17. The molecule has 1 aliphatic carbocycles. The van der Waals surface area contributed by atoms with Gasteiger partial charge in [0, 0.05) is 43.0 Å². The monoisotopic (exact) mass is 473 g/mol. The fraction of sp³-hybridized carbons (Fsp3) is 0.381. The number of hydrogen-bond donors (Lipinski definition) is 2. The average molecular weight is 473 g/mol. The lowest BCUT2D eigenvalue weighted by Crippen LogP contribution is -2.42. The summed E-state index contributed by atoms with van der Waals surface area (Å²) in [6.45, 7) is 3.41. The van der Waals surface area contributed by atoms with E-state index in [1.807, 2.05) is 0 Å². The second kappa shape index (κ2) is 10.2. The molecular weight excluding hydrogens is 453 g/mol. The number of amides is 2. The van der Waals surface area contributed by atoms with Crippen LogP contribution in [0.2, 0.25) is 0 Å². The predicted molar refractivity (Wildman–Crippen MR) is 106 cm³/mol. The SMILES string of the molecule is C=C(CCNC(=O)c1ccc2cc(F)c(F)cc2n1)NC(=O)CO[C@H]1C[C@@H](OC(F)(F)F)C1. The van der Waals surface area contributed by atoms with Gasteiger partial charge >= 0.3 is 6.36 Å². The third kappa shape index (κ3) is 7.19. The quantitative estimate of drug-likeness (QED) is 0.546. The molecule has 2 aromatic rings. The number of fused-ring (bicyclic) bond motifs is 1. The summed E-state index contributed by atoms with van der Waals surface area (Å²) in [6.07, 6.45) is -5.87. The Morgan fingerprint density at radius 2 is 1.82 bits per heavy atom. The van der Waals surface area contributed by atoms with Crippen LogP contribution in [-0.4, -0.2) is 48.5 Å². The molecule has 1 aromatic heterocycles. The van der Waals surface area contributed by atoms with E-state index in [1.165, 1.54) is 12.1 Å². The number of ether oxygens (including phenoxy) is 2. The van der Waals surface area contributed by atoms with Crippen LogP contribution in [0.25, 0.3) is 10.9 Å². The predicted octanol–water partition coefficient (Wildman–Crippen LogP) is 3.35. The van der Waals surface area contributed by atoms with Crippen molar-refractivity contribution >= 4 is 22.7 Å². The highest BCUT2D eigenvalue weighted by molar-refractivity contribution is 5.94. The molecule has 2 amide bonds. The molecule has 1 heterocycles. The summed E-state index contributed by atoms with van der Waals surface area (Å²) in [5, 5.41) is 5.38. The van der Waals surface area contributed by atoms with Gasteiger partial charge in [-0.1, -0.05) is 12.6 Å². The molecule has 0 unspecified atom stereocenters. The molecule has 0 saturated heterocycles. The molecule has 0 aliphatic heterocycles. The molecule has 0 bridgehead atoms. The molecule has 1 fully saturated rings. The Balaban J connectivity index is 1.34. The van der Waals surface area contributed by atoms with Crippen LogP contribution in [0.1, 0.15) is 29.8 Å². The van der Waals surface area contributed by atoms with Crippen LogP contribution in [0.5, 0.6) is 0 Å². The van der Waals surface area contributed by atoms with Crippen molar-refractivity contribution in [1.82, 2.24) is 15.6 Å². The number of alkyl halides is 3. The van der Waals surface area contributed by atoms with Crippen molar-refractivity contribution in [2.24, 2.45) is 0 Å². The molecular formula is C21H20F5N3O4. The smallest absolute Gasteiger partial charge is 0.368 e. The van der Waals surface area contributed by atoms with Gasteiger partial charge in [-0.05, 0) is 12.1 Å². The first-order valence-electron chi connectivity index (χ1n) is 9.88. The van der Waals surface area contributed by atoms with Gasteiger partial charge in [0.25, 0.3) is 5.91 Å². The normalized spacial score (nSPS) is 18.0. The minimum atomic E-state index is -4.69. The van der Waals surface area contributed by atoms with Gasteiger partial charge in [-0.15, -0.1) is 13.2 Å². The van der Waals surface area contributed by atoms with E-state index in [-0.39, 0.29) is 43.6 Å². The van der Waals surface area contributed by atoms with Crippen LogP contribution in [0.3, 0.4) is 0 Å². The number of pyridine rings is 1. The fourth-order valence-corrected chi connectivity index (χ4v) is 3.09. The zero-order valence-electron chi connectivity index (χ0n) is 17.2. The molecule has 33 heavy (non-hydrogen) atoms. The standard InChI is InChI=1S/C21H20F5N3O4/c1-11(28-19(30)10-32-13-7-14(8-13)33-21(24,25)26)4-5-27-20(31)17-3-2-12-6-15(22)16(23)9-18(12)29-17/h2-3,6,9,13-14H,1,4-5,7-8,10H2,(H,27,31)(H,28,30)/t13-,14+. The molecule has 12 heteroatoms. The minimum Gasteiger partial charge on any atom is -0.368 e. The Hall–Kier alpha value is -3.12. The third-order valence-corrected chi connectivity index (χ3v) is 4.79. The van der Waals surface area contributed by atoms with Crippen LogP contribution in [0, 0.1) is 11.6 Å². The van der Waals surface area contributed by atoms with Crippen molar-refractivity contribution in [3.63, 3.8) is 0 Å². The summed E-state index contributed by atoms with van der Waals surface area (Å²) >= 11 is 0. The zero-order chi connectivity index (χ0) is 24.2. The largest absolute Gasteiger partial charge is 0.522 e. The van der Waals surface area contributed by atoms with E-state index in [1.54, 1.807) is 0 Å². The van der Waals surface area contributed by atoms with Crippen molar-refractivity contribution in [2.45, 2.75) is 37.8 Å². The van der Waals surface area contributed by atoms with E-state index in [0.29, 0.717) is 11.1 Å². The second-order valence-corrected chi connectivity index (χ2v) is 7.40. The topological polar surface area (TPSA) is 89.6 Å². The lowest BCUT2D eigenvalue weighted by atomic mass is 9.92. The van der Waals surface area contributed by atoms with Gasteiger partial charge in [-0.2, -0.15) is 0 Å². The van der Waals surface area contributed by atoms with E-state index in [4.69, 9.17) is 4.74 Å². The summed E-state index contributed by atoms with van der Waals surface area (Å²) in [4.78, 5) is 28.1. The fourth-order valence-electron chi connectivity index (χ4n) is 3.09. The van der Waals surface area contributed by atoms with Crippen LogP contribution in [-0.2, 0) is 14.3 Å². The average Bonchev–Trinajstić information content (AvgIpc) is 2.69. The number of carbonyl (C=O) groups is 2. The van der Waals surface area contributed by atoms with Gasteiger partial charge in [-0.3, -0.25) is 14.3 Å². The molecule has 1 aromatic carbocycles. The van der Waals surface area contributed by atoms with Gasteiger partial charge in [0.1, 0.15) is 12.3 Å². The summed E-state index contributed by atoms with van der Waals surface area (Å²) in [6, 6.07) is 4.69. The maximum atomic E-state index is 13.4. The van der Waals surface area contributed by atoms with Crippen LogP contribution >= 0.6 is 0 Å². The first-order chi connectivity index (χ1) is 15.5. The Morgan fingerprint density at radius 1 is 1.12 bits per heavy atom. The molecule has 0 spiro atoms. The number of rotatable bonds is 9. The van der Waals surface area contributed by atoms with Crippen molar-refractivity contribution < 1.29 is 41.0 Å². The number of benzene rings is 1. The Labute approximate surface area is 184 Å². The first-order valence-corrected chi connectivity index (χ1v) is 9.88. The molecule has 0 radical (unpaired) electrons.